The van der Waals surface area contributed by atoms with Crippen LogP contribution >= 0.6 is 11.6 Å². The number of carbonyl (C=O) groups excluding carboxylic acids is 1. The van der Waals surface area contributed by atoms with Crippen molar-refractivity contribution in [2.45, 2.75) is 18.6 Å². The van der Waals surface area contributed by atoms with Crippen LogP contribution in [0.5, 0.6) is 5.75 Å². The number of halogens is 1. The Labute approximate surface area is 128 Å². The van der Waals surface area contributed by atoms with Crippen LogP contribution in [0.2, 0.25) is 5.02 Å². The van der Waals surface area contributed by atoms with Crippen LogP contribution in [0.3, 0.4) is 0 Å². The van der Waals surface area contributed by atoms with E-state index < -0.39 is 5.79 Å². The standard InChI is InChI=1S/C15H18ClNO4/c16-12-2-1-3-13(10-12)19-11-14(18)17-6-4-15(5-7-17)20-8-9-21-15/h1-3,10H,4-9,11H2. The lowest BCUT2D eigenvalue weighted by Gasteiger charge is -2.37. The zero-order chi connectivity index (χ0) is 14.7. The first kappa shape index (κ1) is 14.6. The minimum atomic E-state index is -0.454. The first-order valence-corrected chi connectivity index (χ1v) is 7.49. The number of carbonyl (C=O) groups is 1. The monoisotopic (exact) mass is 311 g/mol. The summed E-state index contributed by atoms with van der Waals surface area (Å²) in [5.74, 6) is 0.125. The summed E-state index contributed by atoms with van der Waals surface area (Å²) in [5, 5.41) is 0.593. The molecule has 3 rings (SSSR count). The van der Waals surface area contributed by atoms with Gasteiger partial charge >= 0.3 is 0 Å². The Morgan fingerprint density at radius 3 is 2.67 bits per heavy atom. The molecule has 1 aromatic carbocycles. The van der Waals surface area contributed by atoms with Crippen molar-refractivity contribution in [1.82, 2.24) is 4.90 Å². The normalized spacial score (nSPS) is 20.7. The number of benzene rings is 1. The molecule has 2 aliphatic rings. The Morgan fingerprint density at radius 2 is 2.00 bits per heavy atom. The van der Waals surface area contributed by atoms with Crippen molar-refractivity contribution in [3.8, 4) is 5.75 Å². The number of likely N-dealkylation sites (tertiary alicyclic amines) is 1. The van der Waals surface area contributed by atoms with E-state index in [1.165, 1.54) is 0 Å². The van der Waals surface area contributed by atoms with Crippen LogP contribution in [0.4, 0.5) is 0 Å². The van der Waals surface area contributed by atoms with E-state index in [-0.39, 0.29) is 12.5 Å². The SMILES string of the molecule is O=C(COc1cccc(Cl)c1)N1CCC2(CC1)OCCO2. The summed E-state index contributed by atoms with van der Waals surface area (Å²) in [5.41, 5.74) is 0. The molecule has 21 heavy (non-hydrogen) atoms. The van der Waals surface area contributed by atoms with Crippen molar-refractivity contribution in [3.63, 3.8) is 0 Å². The molecular formula is C15H18ClNO4. The summed E-state index contributed by atoms with van der Waals surface area (Å²) in [4.78, 5) is 13.9. The molecule has 114 valence electrons. The maximum atomic E-state index is 12.1. The second-order valence-corrected chi connectivity index (χ2v) is 5.67. The van der Waals surface area contributed by atoms with Gasteiger partial charge in [0.05, 0.1) is 13.2 Å². The van der Waals surface area contributed by atoms with E-state index in [1.54, 1.807) is 29.2 Å². The van der Waals surface area contributed by atoms with Crippen LogP contribution < -0.4 is 4.74 Å². The third kappa shape index (κ3) is 3.48. The summed E-state index contributed by atoms with van der Waals surface area (Å²) in [6.07, 6.45) is 1.44. The summed E-state index contributed by atoms with van der Waals surface area (Å²) in [6.45, 7) is 2.59. The molecule has 0 bridgehead atoms. The predicted molar refractivity (Wildman–Crippen MR) is 77.4 cm³/mol. The molecule has 2 saturated heterocycles. The Balaban J connectivity index is 1.48. The van der Waals surface area contributed by atoms with Crippen LogP contribution in [-0.2, 0) is 14.3 Å². The maximum Gasteiger partial charge on any atom is 0.260 e. The lowest BCUT2D eigenvalue weighted by Crippen LogP contribution is -2.48. The molecule has 0 atom stereocenters. The van der Waals surface area contributed by atoms with E-state index >= 15 is 0 Å². The second-order valence-electron chi connectivity index (χ2n) is 5.23. The van der Waals surface area contributed by atoms with Gasteiger partial charge in [-0.1, -0.05) is 17.7 Å². The largest absolute Gasteiger partial charge is 0.484 e. The van der Waals surface area contributed by atoms with Gasteiger partial charge in [-0.3, -0.25) is 4.79 Å². The molecule has 0 aromatic heterocycles. The van der Waals surface area contributed by atoms with E-state index in [4.69, 9.17) is 25.8 Å². The fourth-order valence-electron chi connectivity index (χ4n) is 2.68. The number of rotatable bonds is 3. The first-order chi connectivity index (χ1) is 10.2. The Morgan fingerprint density at radius 1 is 1.29 bits per heavy atom. The minimum Gasteiger partial charge on any atom is -0.484 e. The van der Waals surface area contributed by atoms with Crippen LogP contribution in [-0.4, -0.2) is 49.5 Å². The van der Waals surface area contributed by atoms with E-state index in [1.807, 2.05) is 0 Å². The van der Waals surface area contributed by atoms with Gasteiger partial charge in [0, 0.05) is 31.0 Å². The lowest BCUT2D eigenvalue weighted by atomic mass is 10.0. The first-order valence-electron chi connectivity index (χ1n) is 7.11. The predicted octanol–water partition coefficient (Wildman–Crippen LogP) is 2.08. The average molecular weight is 312 g/mol. The summed E-state index contributed by atoms with van der Waals surface area (Å²) >= 11 is 5.87. The van der Waals surface area contributed by atoms with Crippen LogP contribution in [0.15, 0.2) is 24.3 Å². The third-order valence-corrected chi connectivity index (χ3v) is 4.08. The molecule has 6 heteroatoms. The number of nitrogens with zero attached hydrogens (tertiary/aromatic N) is 1. The Bertz CT molecular complexity index is 506. The summed E-state index contributed by atoms with van der Waals surface area (Å²) < 4.78 is 16.8. The van der Waals surface area contributed by atoms with Gasteiger partial charge in [-0.15, -0.1) is 0 Å². The highest BCUT2D eigenvalue weighted by molar-refractivity contribution is 6.30. The molecule has 0 unspecified atom stereocenters. The van der Waals surface area contributed by atoms with Crippen LogP contribution in [0.25, 0.3) is 0 Å². The molecule has 2 fully saturated rings. The van der Waals surface area contributed by atoms with Crippen molar-refractivity contribution in [3.05, 3.63) is 29.3 Å². The van der Waals surface area contributed by atoms with Gasteiger partial charge in [-0.05, 0) is 18.2 Å². The smallest absolute Gasteiger partial charge is 0.260 e. The molecular weight excluding hydrogens is 294 g/mol. The molecule has 1 amide bonds. The van der Waals surface area contributed by atoms with Gasteiger partial charge in [-0.2, -0.15) is 0 Å². The summed E-state index contributed by atoms with van der Waals surface area (Å²) in [6, 6.07) is 7.04. The number of hydrogen-bond donors (Lipinski definition) is 0. The van der Waals surface area contributed by atoms with Crippen molar-refractivity contribution >= 4 is 17.5 Å². The van der Waals surface area contributed by atoms with E-state index in [0.717, 1.165) is 12.8 Å². The lowest BCUT2D eigenvalue weighted by molar-refractivity contribution is -0.187. The van der Waals surface area contributed by atoms with Gasteiger partial charge < -0.3 is 19.1 Å². The van der Waals surface area contributed by atoms with Gasteiger partial charge in [-0.25, -0.2) is 0 Å². The number of hydrogen-bond acceptors (Lipinski definition) is 4. The third-order valence-electron chi connectivity index (χ3n) is 3.85. The molecule has 1 spiro atoms. The van der Waals surface area contributed by atoms with Crippen molar-refractivity contribution in [2.75, 3.05) is 32.9 Å². The fraction of sp³-hybridized carbons (Fsp3) is 0.533. The van der Waals surface area contributed by atoms with E-state index in [0.29, 0.717) is 37.1 Å². The highest BCUT2D eigenvalue weighted by Gasteiger charge is 2.40. The topological polar surface area (TPSA) is 48.0 Å². The highest BCUT2D eigenvalue weighted by atomic mass is 35.5. The van der Waals surface area contributed by atoms with E-state index in [2.05, 4.69) is 0 Å². The fourth-order valence-corrected chi connectivity index (χ4v) is 2.86. The second kappa shape index (κ2) is 6.22. The highest BCUT2D eigenvalue weighted by Crippen LogP contribution is 2.31. The Hall–Kier alpha value is -1.30. The number of piperidine rings is 1. The van der Waals surface area contributed by atoms with Gasteiger partial charge in [0.1, 0.15) is 5.75 Å². The van der Waals surface area contributed by atoms with Gasteiger partial charge in [0.2, 0.25) is 0 Å². The number of ether oxygens (including phenoxy) is 3. The molecule has 0 aliphatic carbocycles. The van der Waals surface area contributed by atoms with Crippen molar-refractivity contribution in [2.24, 2.45) is 0 Å². The molecule has 0 saturated carbocycles. The molecule has 5 nitrogen and oxygen atoms in total. The zero-order valence-corrected chi connectivity index (χ0v) is 12.5. The van der Waals surface area contributed by atoms with Crippen LogP contribution in [0, 0.1) is 0 Å². The summed E-state index contributed by atoms with van der Waals surface area (Å²) in [7, 11) is 0. The van der Waals surface area contributed by atoms with Crippen molar-refractivity contribution < 1.29 is 19.0 Å². The maximum absolute atomic E-state index is 12.1. The molecule has 2 aliphatic heterocycles. The van der Waals surface area contributed by atoms with E-state index in [9.17, 15) is 4.79 Å². The molecule has 0 N–H and O–H groups in total. The quantitative estimate of drug-likeness (QED) is 0.857. The van der Waals surface area contributed by atoms with Crippen LogP contribution in [0.1, 0.15) is 12.8 Å². The van der Waals surface area contributed by atoms with Gasteiger partial charge in [0.15, 0.2) is 12.4 Å². The number of amides is 1. The molecule has 0 radical (unpaired) electrons. The zero-order valence-electron chi connectivity index (χ0n) is 11.7. The molecule has 2 heterocycles. The van der Waals surface area contributed by atoms with Gasteiger partial charge in [0.25, 0.3) is 5.91 Å². The molecule has 1 aromatic rings. The van der Waals surface area contributed by atoms with Crippen molar-refractivity contribution in [1.29, 1.82) is 0 Å². The minimum absolute atomic E-state index is 0.0229. The average Bonchev–Trinajstić information content (AvgIpc) is 2.94. The Kier molecular flexibility index (Phi) is 4.33.